The summed E-state index contributed by atoms with van der Waals surface area (Å²) in [7, 11) is 0. The molecule has 84 valence electrons. The summed E-state index contributed by atoms with van der Waals surface area (Å²) in [4.78, 5) is 15.4. The lowest BCUT2D eigenvalue weighted by Crippen LogP contribution is -1.98. The van der Waals surface area contributed by atoms with E-state index in [1.54, 1.807) is 6.20 Å². The lowest BCUT2D eigenvalue weighted by molar-refractivity contribution is -0.133. The van der Waals surface area contributed by atoms with Gasteiger partial charge >= 0.3 is 5.97 Å². The highest BCUT2D eigenvalue weighted by Crippen LogP contribution is 2.20. The molecular formula is C11H12N2O2S. The molecule has 0 aliphatic heterocycles. The Hall–Kier alpha value is -1.49. The van der Waals surface area contributed by atoms with Crippen LogP contribution >= 0.6 is 12.0 Å². The summed E-state index contributed by atoms with van der Waals surface area (Å²) in [6.07, 6.45) is 4.81. The molecule has 0 spiro atoms. The van der Waals surface area contributed by atoms with Crippen molar-refractivity contribution in [1.29, 1.82) is 0 Å². The second kappa shape index (κ2) is 5.03. The summed E-state index contributed by atoms with van der Waals surface area (Å²) in [6.45, 7) is 1.95. The Morgan fingerprint density at radius 3 is 3.25 bits per heavy atom. The Morgan fingerprint density at radius 1 is 1.56 bits per heavy atom. The SMILES string of the molecule is CCCC(=O)OSc1cccc2nccn12. The Morgan fingerprint density at radius 2 is 2.44 bits per heavy atom. The standard InChI is InChI=1S/C11H12N2O2S/c1-2-4-11(14)15-16-10-6-3-5-9-12-7-8-13(9)10/h3,5-8H,2,4H2,1H3. The molecule has 16 heavy (non-hydrogen) atoms. The van der Waals surface area contributed by atoms with Gasteiger partial charge < -0.3 is 4.18 Å². The zero-order chi connectivity index (χ0) is 11.4. The van der Waals surface area contributed by atoms with Crippen LogP contribution < -0.4 is 0 Å². The van der Waals surface area contributed by atoms with Crippen LogP contribution in [0, 0.1) is 0 Å². The molecule has 0 aromatic carbocycles. The second-order valence-corrected chi connectivity index (χ2v) is 4.06. The molecule has 2 rings (SSSR count). The molecule has 2 aromatic heterocycles. The highest BCUT2D eigenvalue weighted by Gasteiger charge is 2.06. The normalized spacial score (nSPS) is 10.6. The monoisotopic (exact) mass is 236 g/mol. The van der Waals surface area contributed by atoms with Crippen molar-refractivity contribution >= 4 is 23.7 Å². The smallest absolute Gasteiger partial charge is 0.318 e. The minimum atomic E-state index is -0.190. The van der Waals surface area contributed by atoms with E-state index >= 15 is 0 Å². The van der Waals surface area contributed by atoms with Gasteiger partial charge in [-0.1, -0.05) is 13.0 Å². The van der Waals surface area contributed by atoms with Crippen molar-refractivity contribution in [1.82, 2.24) is 9.38 Å². The Kier molecular flexibility index (Phi) is 3.46. The highest BCUT2D eigenvalue weighted by atomic mass is 32.2. The molecule has 0 aliphatic rings. The van der Waals surface area contributed by atoms with Crippen LogP contribution in [0.5, 0.6) is 0 Å². The number of hydrogen-bond donors (Lipinski definition) is 0. The molecule has 5 heteroatoms. The fourth-order valence-electron chi connectivity index (χ4n) is 1.32. The van der Waals surface area contributed by atoms with E-state index in [2.05, 4.69) is 4.98 Å². The Balaban J connectivity index is 2.09. The molecule has 0 fully saturated rings. The van der Waals surface area contributed by atoms with Crippen molar-refractivity contribution in [2.45, 2.75) is 24.8 Å². The number of aromatic nitrogens is 2. The molecule has 2 heterocycles. The van der Waals surface area contributed by atoms with Gasteiger partial charge in [-0.15, -0.1) is 0 Å². The minimum Gasteiger partial charge on any atom is -0.384 e. The van der Waals surface area contributed by atoms with E-state index in [1.165, 1.54) is 0 Å². The van der Waals surface area contributed by atoms with Gasteiger partial charge in [0.05, 0.1) is 0 Å². The molecule has 0 aliphatic carbocycles. The number of pyridine rings is 1. The predicted molar refractivity (Wildman–Crippen MR) is 62.0 cm³/mol. The second-order valence-electron chi connectivity index (χ2n) is 3.31. The van der Waals surface area contributed by atoms with Gasteiger partial charge in [-0.3, -0.25) is 9.20 Å². The molecule has 0 N–H and O–H groups in total. The van der Waals surface area contributed by atoms with E-state index in [0.717, 1.165) is 29.1 Å². The van der Waals surface area contributed by atoms with Gasteiger partial charge in [-0.2, -0.15) is 0 Å². The third-order valence-corrected chi connectivity index (χ3v) is 2.84. The van der Waals surface area contributed by atoms with Crippen molar-refractivity contribution < 1.29 is 8.98 Å². The van der Waals surface area contributed by atoms with Crippen LogP contribution in [0.1, 0.15) is 19.8 Å². The molecule has 0 radical (unpaired) electrons. The van der Waals surface area contributed by atoms with Gasteiger partial charge in [0.25, 0.3) is 0 Å². The van der Waals surface area contributed by atoms with Crippen LogP contribution in [0.4, 0.5) is 0 Å². The average molecular weight is 236 g/mol. The fraction of sp³-hybridized carbons (Fsp3) is 0.273. The average Bonchev–Trinajstić information content (AvgIpc) is 2.75. The lowest BCUT2D eigenvalue weighted by Gasteiger charge is -2.04. The van der Waals surface area contributed by atoms with Crippen molar-refractivity contribution in [3.05, 3.63) is 30.6 Å². The summed E-state index contributed by atoms with van der Waals surface area (Å²) in [6, 6.07) is 5.68. The van der Waals surface area contributed by atoms with Gasteiger partial charge in [0, 0.05) is 18.8 Å². The molecule has 2 aromatic rings. The molecule has 0 amide bonds. The number of nitrogens with zero attached hydrogens (tertiary/aromatic N) is 2. The molecule has 0 unspecified atom stereocenters. The number of rotatable bonds is 4. The van der Waals surface area contributed by atoms with Gasteiger partial charge in [0.15, 0.2) is 0 Å². The Bertz CT molecular complexity index is 495. The van der Waals surface area contributed by atoms with Crippen molar-refractivity contribution in [3.63, 3.8) is 0 Å². The summed E-state index contributed by atoms with van der Waals surface area (Å²) in [5.74, 6) is -0.190. The van der Waals surface area contributed by atoms with Crippen molar-refractivity contribution in [2.24, 2.45) is 0 Å². The molecule has 0 saturated heterocycles. The minimum absolute atomic E-state index is 0.190. The van der Waals surface area contributed by atoms with Gasteiger partial charge in [0.2, 0.25) is 0 Å². The number of imidazole rings is 1. The quantitative estimate of drug-likeness (QED) is 0.765. The molecule has 0 bridgehead atoms. The van der Waals surface area contributed by atoms with Gasteiger partial charge in [-0.05, 0) is 18.6 Å². The number of hydrogen-bond acceptors (Lipinski definition) is 4. The van der Waals surface area contributed by atoms with E-state index < -0.39 is 0 Å². The first-order valence-corrected chi connectivity index (χ1v) is 5.85. The summed E-state index contributed by atoms with van der Waals surface area (Å²) in [5, 5.41) is 0.847. The van der Waals surface area contributed by atoms with Crippen molar-refractivity contribution in [2.75, 3.05) is 0 Å². The van der Waals surface area contributed by atoms with Gasteiger partial charge in [-0.25, -0.2) is 4.98 Å². The zero-order valence-corrected chi connectivity index (χ0v) is 9.74. The first-order chi connectivity index (χ1) is 7.81. The van der Waals surface area contributed by atoms with Crippen LogP contribution in [0.3, 0.4) is 0 Å². The van der Waals surface area contributed by atoms with Crippen LogP contribution in [0.2, 0.25) is 0 Å². The summed E-state index contributed by atoms with van der Waals surface area (Å²) < 4.78 is 6.95. The lowest BCUT2D eigenvalue weighted by atomic mass is 10.4. The van der Waals surface area contributed by atoms with E-state index in [-0.39, 0.29) is 5.97 Å². The van der Waals surface area contributed by atoms with E-state index in [0.29, 0.717) is 6.42 Å². The van der Waals surface area contributed by atoms with Crippen molar-refractivity contribution in [3.8, 4) is 0 Å². The topological polar surface area (TPSA) is 43.6 Å². The predicted octanol–water partition coefficient (Wildman–Crippen LogP) is 2.68. The first kappa shape index (κ1) is 11.0. The molecular weight excluding hydrogens is 224 g/mol. The maximum atomic E-state index is 11.2. The third kappa shape index (κ3) is 2.36. The number of carbonyl (C=O) groups is 1. The van der Waals surface area contributed by atoms with E-state index in [4.69, 9.17) is 4.18 Å². The molecule has 4 nitrogen and oxygen atoms in total. The van der Waals surface area contributed by atoms with E-state index in [9.17, 15) is 4.79 Å². The van der Waals surface area contributed by atoms with Crippen LogP contribution in [0.15, 0.2) is 35.6 Å². The molecule has 0 atom stereocenters. The molecule has 0 saturated carbocycles. The fourth-order valence-corrected chi connectivity index (χ4v) is 1.95. The number of fused-ring (bicyclic) bond motifs is 1. The maximum Gasteiger partial charge on any atom is 0.318 e. The van der Waals surface area contributed by atoms with Crippen LogP contribution in [0.25, 0.3) is 5.65 Å². The maximum absolute atomic E-state index is 11.2. The summed E-state index contributed by atoms with van der Waals surface area (Å²) in [5.41, 5.74) is 0.844. The first-order valence-electron chi connectivity index (χ1n) is 5.10. The summed E-state index contributed by atoms with van der Waals surface area (Å²) >= 11 is 1.08. The Labute approximate surface area is 97.8 Å². The highest BCUT2D eigenvalue weighted by molar-refractivity contribution is 7.95. The number of carbonyl (C=O) groups excluding carboxylic acids is 1. The zero-order valence-electron chi connectivity index (χ0n) is 8.92. The van der Waals surface area contributed by atoms with Gasteiger partial charge in [0.1, 0.15) is 22.7 Å². The van der Waals surface area contributed by atoms with E-state index in [1.807, 2.05) is 35.7 Å². The third-order valence-electron chi connectivity index (χ3n) is 2.07. The largest absolute Gasteiger partial charge is 0.384 e. The van der Waals surface area contributed by atoms with Crippen LogP contribution in [-0.4, -0.2) is 15.4 Å². The van der Waals surface area contributed by atoms with Crippen LogP contribution in [-0.2, 0) is 8.98 Å².